The van der Waals surface area contributed by atoms with Crippen molar-refractivity contribution in [2.24, 2.45) is 0 Å². The lowest BCUT2D eigenvalue weighted by atomic mass is 10.2. The Hall–Kier alpha value is -1.85. The van der Waals surface area contributed by atoms with E-state index >= 15 is 0 Å². The Balaban J connectivity index is 2.96. The molecular formula is C15H19NO3S. The Kier molecular flexibility index (Phi) is 5.73. The smallest absolute Gasteiger partial charge is 0.294 e. The molecule has 1 aromatic carbocycles. The first-order valence-electron chi connectivity index (χ1n) is 6.11. The van der Waals surface area contributed by atoms with Gasteiger partial charge in [0.2, 0.25) is 0 Å². The van der Waals surface area contributed by atoms with Crippen molar-refractivity contribution in [2.45, 2.75) is 18.4 Å². The predicted molar refractivity (Wildman–Crippen MR) is 80.8 cm³/mol. The molecule has 0 unspecified atom stereocenters. The van der Waals surface area contributed by atoms with Gasteiger partial charge in [0.1, 0.15) is 0 Å². The van der Waals surface area contributed by atoms with Crippen molar-refractivity contribution in [3.8, 4) is 0 Å². The number of hydrogen-bond acceptors (Lipinski definition) is 3. The van der Waals surface area contributed by atoms with Gasteiger partial charge in [-0.15, -0.1) is 0 Å². The quantitative estimate of drug-likeness (QED) is 0.647. The minimum absolute atomic E-state index is 0.0963. The van der Waals surface area contributed by atoms with E-state index < -0.39 is 10.1 Å². The molecule has 0 aromatic heterocycles. The maximum absolute atomic E-state index is 11.1. The average Bonchev–Trinajstić information content (AvgIpc) is 2.39. The number of likely N-dealkylation sites (N-methyl/N-ethyl adjacent to an activating group) is 1. The molecule has 0 saturated heterocycles. The first kappa shape index (κ1) is 16.2. The normalized spacial score (nSPS) is 12.7. The van der Waals surface area contributed by atoms with Crippen molar-refractivity contribution in [3.05, 3.63) is 66.4 Å². The van der Waals surface area contributed by atoms with Crippen molar-refractivity contribution in [1.29, 1.82) is 0 Å². The third-order valence-electron chi connectivity index (χ3n) is 2.73. The lowest BCUT2D eigenvalue weighted by Crippen LogP contribution is -2.16. The van der Waals surface area contributed by atoms with Crippen LogP contribution in [0, 0.1) is 0 Å². The fourth-order valence-corrected chi connectivity index (χ4v) is 2.27. The summed E-state index contributed by atoms with van der Waals surface area (Å²) in [5, 5.41) is 0. The molecule has 108 valence electrons. The largest absolute Gasteiger partial charge is 0.370 e. The van der Waals surface area contributed by atoms with E-state index in [0.29, 0.717) is 6.54 Å². The van der Waals surface area contributed by atoms with Gasteiger partial charge in [-0.25, -0.2) is 0 Å². The second kappa shape index (κ2) is 7.07. The number of hydrogen-bond donors (Lipinski definition) is 1. The van der Waals surface area contributed by atoms with Gasteiger partial charge in [-0.1, -0.05) is 30.9 Å². The van der Waals surface area contributed by atoms with Crippen molar-refractivity contribution >= 4 is 10.1 Å². The van der Waals surface area contributed by atoms with Crippen LogP contribution in [0.3, 0.4) is 0 Å². The Morgan fingerprint density at radius 2 is 2.15 bits per heavy atom. The van der Waals surface area contributed by atoms with E-state index in [-0.39, 0.29) is 4.90 Å². The Morgan fingerprint density at radius 1 is 1.45 bits per heavy atom. The average molecular weight is 293 g/mol. The van der Waals surface area contributed by atoms with Gasteiger partial charge in [-0.3, -0.25) is 4.55 Å². The Morgan fingerprint density at radius 3 is 2.70 bits per heavy atom. The van der Waals surface area contributed by atoms with Crippen LogP contribution in [0.1, 0.15) is 12.5 Å². The molecule has 1 rings (SSSR count). The number of nitrogens with zero attached hydrogens (tertiary/aromatic N) is 1. The summed E-state index contributed by atoms with van der Waals surface area (Å²) in [5.41, 5.74) is 1.70. The maximum atomic E-state index is 11.1. The van der Waals surface area contributed by atoms with Crippen LogP contribution in [-0.4, -0.2) is 24.9 Å². The predicted octanol–water partition coefficient (Wildman–Crippen LogP) is 3.01. The van der Waals surface area contributed by atoms with Gasteiger partial charge in [0.15, 0.2) is 0 Å². The summed E-state index contributed by atoms with van der Waals surface area (Å²) in [6.07, 6.45) is 7.46. The van der Waals surface area contributed by atoms with Crippen LogP contribution in [0.2, 0.25) is 0 Å². The molecule has 20 heavy (non-hydrogen) atoms. The van der Waals surface area contributed by atoms with Crippen LogP contribution < -0.4 is 0 Å². The lowest BCUT2D eigenvalue weighted by Gasteiger charge is -2.20. The van der Waals surface area contributed by atoms with E-state index in [1.54, 1.807) is 12.1 Å². The summed E-state index contributed by atoms with van der Waals surface area (Å²) in [6.45, 7) is 6.19. The van der Waals surface area contributed by atoms with E-state index in [1.165, 1.54) is 12.1 Å². The second-order valence-electron chi connectivity index (χ2n) is 4.30. The standard InChI is InChI=1S/C15H19NO3S/c1-4-6-9-14(5-2)16(3)12-13-8-7-10-15(11-13)20(17,18)19/h4-11H,2,12H2,1,3H3,(H,17,18,19)/b6-4-,14-9+. The van der Waals surface area contributed by atoms with Crippen molar-refractivity contribution in [1.82, 2.24) is 4.90 Å². The van der Waals surface area contributed by atoms with Gasteiger partial charge in [0, 0.05) is 19.3 Å². The van der Waals surface area contributed by atoms with E-state index in [2.05, 4.69) is 6.58 Å². The molecule has 0 aliphatic rings. The van der Waals surface area contributed by atoms with Crippen LogP contribution in [-0.2, 0) is 16.7 Å². The molecular weight excluding hydrogens is 274 g/mol. The van der Waals surface area contributed by atoms with E-state index in [9.17, 15) is 8.42 Å². The maximum Gasteiger partial charge on any atom is 0.294 e. The summed E-state index contributed by atoms with van der Waals surface area (Å²) in [4.78, 5) is 1.84. The molecule has 0 heterocycles. The van der Waals surface area contributed by atoms with E-state index in [4.69, 9.17) is 4.55 Å². The molecule has 0 amide bonds. The number of benzene rings is 1. The van der Waals surface area contributed by atoms with Gasteiger partial charge in [0.05, 0.1) is 4.90 Å². The highest BCUT2D eigenvalue weighted by Crippen LogP contribution is 2.15. The third kappa shape index (κ3) is 4.68. The van der Waals surface area contributed by atoms with Crippen molar-refractivity contribution in [2.75, 3.05) is 7.05 Å². The minimum Gasteiger partial charge on any atom is -0.370 e. The molecule has 0 fully saturated rings. The highest BCUT2D eigenvalue weighted by Gasteiger charge is 2.10. The molecule has 4 nitrogen and oxygen atoms in total. The van der Waals surface area contributed by atoms with Gasteiger partial charge >= 0.3 is 0 Å². The topological polar surface area (TPSA) is 57.6 Å². The molecule has 1 N–H and O–H groups in total. The van der Waals surface area contributed by atoms with Crippen LogP contribution in [0.25, 0.3) is 0 Å². The number of allylic oxidation sites excluding steroid dienone is 4. The van der Waals surface area contributed by atoms with Gasteiger partial charge in [-0.05, 0) is 36.8 Å². The Bertz CT molecular complexity index is 630. The molecule has 1 aromatic rings. The summed E-state index contributed by atoms with van der Waals surface area (Å²) in [6, 6.07) is 6.24. The molecule has 0 radical (unpaired) electrons. The third-order valence-corrected chi connectivity index (χ3v) is 3.58. The molecule has 0 aliphatic carbocycles. The zero-order valence-corrected chi connectivity index (χ0v) is 12.5. The first-order valence-corrected chi connectivity index (χ1v) is 7.55. The molecule has 0 atom stereocenters. The highest BCUT2D eigenvalue weighted by molar-refractivity contribution is 7.85. The van der Waals surface area contributed by atoms with E-state index in [1.807, 2.05) is 43.2 Å². The lowest BCUT2D eigenvalue weighted by molar-refractivity contribution is 0.424. The van der Waals surface area contributed by atoms with Crippen LogP contribution in [0.15, 0.2) is 65.7 Å². The van der Waals surface area contributed by atoms with Crippen molar-refractivity contribution < 1.29 is 13.0 Å². The summed E-state index contributed by atoms with van der Waals surface area (Å²) in [7, 11) is -2.28. The fraction of sp³-hybridized carbons (Fsp3) is 0.200. The zero-order chi connectivity index (χ0) is 15.2. The summed E-state index contributed by atoms with van der Waals surface area (Å²) < 4.78 is 31.3. The van der Waals surface area contributed by atoms with Gasteiger partial charge < -0.3 is 4.90 Å². The Labute approximate surface area is 120 Å². The molecule has 0 saturated carbocycles. The van der Waals surface area contributed by atoms with Crippen LogP contribution in [0.4, 0.5) is 0 Å². The first-order chi connectivity index (χ1) is 9.38. The molecule has 0 spiro atoms. The molecule has 5 heteroatoms. The second-order valence-corrected chi connectivity index (χ2v) is 5.72. The summed E-state index contributed by atoms with van der Waals surface area (Å²) in [5.74, 6) is 0. The SMILES string of the molecule is C=C/C(=C\C=C/C)N(C)Cc1cccc(S(=O)(=O)O)c1. The fourth-order valence-electron chi connectivity index (χ4n) is 1.72. The molecule has 0 bridgehead atoms. The van der Waals surface area contributed by atoms with Crippen molar-refractivity contribution in [3.63, 3.8) is 0 Å². The highest BCUT2D eigenvalue weighted by atomic mass is 32.2. The van der Waals surface area contributed by atoms with Gasteiger partial charge in [0.25, 0.3) is 10.1 Å². The number of rotatable bonds is 6. The van der Waals surface area contributed by atoms with Gasteiger partial charge in [-0.2, -0.15) is 8.42 Å². The van der Waals surface area contributed by atoms with Crippen LogP contribution in [0.5, 0.6) is 0 Å². The van der Waals surface area contributed by atoms with E-state index in [0.717, 1.165) is 11.3 Å². The summed E-state index contributed by atoms with van der Waals surface area (Å²) >= 11 is 0. The zero-order valence-electron chi connectivity index (χ0n) is 11.7. The monoisotopic (exact) mass is 293 g/mol. The van der Waals surface area contributed by atoms with Crippen LogP contribution >= 0.6 is 0 Å². The molecule has 0 aliphatic heterocycles. The minimum atomic E-state index is -4.17.